The van der Waals surface area contributed by atoms with Gasteiger partial charge in [-0.2, -0.15) is 0 Å². The van der Waals surface area contributed by atoms with Gasteiger partial charge in [0, 0.05) is 13.1 Å². The normalized spacial score (nSPS) is 20.3. The number of rotatable bonds is 5. The maximum atomic E-state index is 12.1. The largest absolute Gasteiger partial charge is 0.459 e. The summed E-state index contributed by atoms with van der Waals surface area (Å²) in [5.74, 6) is -1.00. The maximum Gasteiger partial charge on any atom is 0.319 e. The molecule has 1 rings (SSSR count). The standard InChI is InChI=1S/C14H25NO3/c1-5-6-7-9-15-10-8-11(12(15)16)13(17)18-14(2,3)4/h11H,5-10H2,1-4H3. The van der Waals surface area contributed by atoms with Crippen LogP contribution < -0.4 is 0 Å². The minimum absolute atomic E-state index is 0.0552. The Morgan fingerprint density at radius 3 is 2.61 bits per heavy atom. The number of ether oxygens (including phenoxy) is 1. The van der Waals surface area contributed by atoms with Gasteiger partial charge in [-0.15, -0.1) is 0 Å². The summed E-state index contributed by atoms with van der Waals surface area (Å²) in [4.78, 5) is 25.7. The molecule has 1 amide bonds. The molecule has 1 aliphatic rings. The summed E-state index contributed by atoms with van der Waals surface area (Å²) >= 11 is 0. The van der Waals surface area contributed by atoms with Crippen molar-refractivity contribution in [2.75, 3.05) is 13.1 Å². The average molecular weight is 255 g/mol. The van der Waals surface area contributed by atoms with Gasteiger partial charge in [0.15, 0.2) is 0 Å². The van der Waals surface area contributed by atoms with E-state index in [0.29, 0.717) is 13.0 Å². The fraction of sp³-hybridized carbons (Fsp3) is 0.857. The van der Waals surface area contributed by atoms with Crippen LogP contribution in [0.15, 0.2) is 0 Å². The molecule has 4 nitrogen and oxygen atoms in total. The monoisotopic (exact) mass is 255 g/mol. The first-order chi connectivity index (χ1) is 8.35. The number of carbonyl (C=O) groups is 2. The first kappa shape index (κ1) is 15.0. The van der Waals surface area contributed by atoms with Crippen LogP contribution >= 0.6 is 0 Å². The molecule has 1 saturated heterocycles. The lowest BCUT2D eigenvalue weighted by molar-refractivity contribution is -0.162. The highest BCUT2D eigenvalue weighted by Gasteiger charge is 2.38. The van der Waals surface area contributed by atoms with Crippen LogP contribution in [-0.4, -0.2) is 35.5 Å². The van der Waals surface area contributed by atoms with E-state index in [-0.39, 0.29) is 11.9 Å². The van der Waals surface area contributed by atoms with E-state index in [4.69, 9.17) is 4.74 Å². The summed E-state index contributed by atoms with van der Waals surface area (Å²) in [6.45, 7) is 9.06. The summed E-state index contributed by atoms with van der Waals surface area (Å²) in [5, 5.41) is 0. The second kappa shape index (κ2) is 6.21. The highest BCUT2D eigenvalue weighted by molar-refractivity contribution is 5.99. The lowest BCUT2D eigenvalue weighted by atomic mass is 10.1. The third kappa shape index (κ3) is 4.31. The molecular weight excluding hydrogens is 230 g/mol. The molecule has 18 heavy (non-hydrogen) atoms. The number of hydrogen-bond acceptors (Lipinski definition) is 3. The fourth-order valence-corrected chi connectivity index (χ4v) is 2.11. The number of hydrogen-bond donors (Lipinski definition) is 0. The quantitative estimate of drug-likeness (QED) is 0.430. The molecule has 0 aromatic carbocycles. The molecule has 0 spiro atoms. The van der Waals surface area contributed by atoms with E-state index >= 15 is 0 Å². The third-order valence-electron chi connectivity index (χ3n) is 3.02. The van der Waals surface area contributed by atoms with Gasteiger partial charge < -0.3 is 9.64 Å². The van der Waals surface area contributed by atoms with Gasteiger partial charge >= 0.3 is 5.97 Å². The Morgan fingerprint density at radius 2 is 2.06 bits per heavy atom. The molecule has 1 aliphatic heterocycles. The van der Waals surface area contributed by atoms with Crippen molar-refractivity contribution in [2.24, 2.45) is 5.92 Å². The molecule has 1 heterocycles. The zero-order valence-electron chi connectivity index (χ0n) is 12.0. The molecule has 0 bridgehead atoms. The second-order valence-corrected chi connectivity index (χ2v) is 5.91. The molecule has 0 saturated carbocycles. The first-order valence-corrected chi connectivity index (χ1v) is 6.87. The summed E-state index contributed by atoms with van der Waals surface area (Å²) < 4.78 is 5.28. The van der Waals surface area contributed by atoms with Gasteiger partial charge in [-0.1, -0.05) is 19.8 Å². The highest BCUT2D eigenvalue weighted by atomic mass is 16.6. The smallest absolute Gasteiger partial charge is 0.319 e. The molecule has 0 aromatic rings. The number of carbonyl (C=O) groups excluding carboxylic acids is 2. The van der Waals surface area contributed by atoms with Gasteiger partial charge in [-0.05, 0) is 33.6 Å². The van der Waals surface area contributed by atoms with Crippen molar-refractivity contribution in [2.45, 2.75) is 59.0 Å². The Bertz CT molecular complexity index is 307. The minimum Gasteiger partial charge on any atom is -0.459 e. The molecule has 4 heteroatoms. The molecule has 1 atom stereocenters. The Hall–Kier alpha value is -1.06. The van der Waals surface area contributed by atoms with Crippen LogP contribution in [0.1, 0.15) is 53.4 Å². The number of esters is 1. The Balaban J connectivity index is 2.46. The van der Waals surface area contributed by atoms with Crippen molar-refractivity contribution in [1.82, 2.24) is 4.90 Å². The SMILES string of the molecule is CCCCCN1CCC(C(=O)OC(C)(C)C)C1=O. The van der Waals surface area contributed by atoms with Crippen LogP contribution in [-0.2, 0) is 14.3 Å². The van der Waals surface area contributed by atoms with Crippen molar-refractivity contribution >= 4 is 11.9 Å². The van der Waals surface area contributed by atoms with E-state index in [1.807, 2.05) is 20.8 Å². The van der Waals surface area contributed by atoms with Gasteiger partial charge in [0.2, 0.25) is 5.91 Å². The van der Waals surface area contributed by atoms with E-state index < -0.39 is 11.5 Å². The van der Waals surface area contributed by atoms with E-state index in [1.54, 1.807) is 4.90 Å². The number of likely N-dealkylation sites (tertiary alicyclic amines) is 1. The minimum atomic E-state index is -0.578. The first-order valence-electron chi connectivity index (χ1n) is 6.87. The Labute approximate surface area is 110 Å². The number of unbranched alkanes of at least 4 members (excludes halogenated alkanes) is 2. The van der Waals surface area contributed by atoms with Gasteiger partial charge in [0.25, 0.3) is 0 Å². The molecule has 0 aliphatic carbocycles. The molecule has 1 unspecified atom stereocenters. The van der Waals surface area contributed by atoms with Gasteiger partial charge in [0.1, 0.15) is 11.5 Å². The zero-order chi connectivity index (χ0) is 13.8. The van der Waals surface area contributed by atoms with Crippen LogP contribution in [0.5, 0.6) is 0 Å². The molecule has 0 aromatic heterocycles. The second-order valence-electron chi connectivity index (χ2n) is 5.91. The fourth-order valence-electron chi connectivity index (χ4n) is 2.11. The topological polar surface area (TPSA) is 46.6 Å². The van der Waals surface area contributed by atoms with Crippen LogP contribution in [0.25, 0.3) is 0 Å². The lowest BCUT2D eigenvalue weighted by Crippen LogP contribution is -2.35. The molecule has 104 valence electrons. The summed E-state index contributed by atoms with van der Waals surface area (Å²) in [7, 11) is 0. The maximum absolute atomic E-state index is 12.1. The summed E-state index contributed by atoms with van der Waals surface area (Å²) in [6.07, 6.45) is 3.88. The molecule has 0 radical (unpaired) electrons. The Kier molecular flexibility index (Phi) is 5.17. The van der Waals surface area contributed by atoms with E-state index in [9.17, 15) is 9.59 Å². The van der Waals surface area contributed by atoms with Gasteiger partial charge in [-0.25, -0.2) is 0 Å². The van der Waals surface area contributed by atoms with E-state index in [0.717, 1.165) is 25.8 Å². The van der Waals surface area contributed by atoms with Crippen molar-refractivity contribution in [3.8, 4) is 0 Å². The van der Waals surface area contributed by atoms with Gasteiger partial charge in [0.05, 0.1) is 0 Å². The van der Waals surface area contributed by atoms with Gasteiger partial charge in [-0.3, -0.25) is 9.59 Å². The van der Waals surface area contributed by atoms with Crippen LogP contribution in [0.2, 0.25) is 0 Å². The van der Waals surface area contributed by atoms with E-state index in [2.05, 4.69) is 6.92 Å². The molecule has 1 fully saturated rings. The lowest BCUT2D eigenvalue weighted by Gasteiger charge is -2.22. The average Bonchev–Trinajstić information content (AvgIpc) is 2.58. The van der Waals surface area contributed by atoms with Crippen LogP contribution in [0.4, 0.5) is 0 Å². The van der Waals surface area contributed by atoms with Crippen molar-refractivity contribution in [3.05, 3.63) is 0 Å². The Morgan fingerprint density at radius 1 is 1.39 bits per heavy atom. The van der Waals surface area contributed by atoms with Crippen LogP contribution in [0.3, 0.4) is 0 Å². The predicted octanol–water partition coefficient (Wildman–Crippen LogP) is 2.37. The number of amides is 1. The highest BCUT2D eigenvalue weighted by Crippen LogP contribution is 2.22. The zero-order valence-corrected chi connectivity index (χ0v) is 12.0. The van der Waals surface area contributed by atoms with Crippen molar-refractivity contribution < 1.29 is 14.3 Å². The third-order valence-corrected chi connectivity index (χ3v) is 3.02. The van der Waals surface area contributed by atoms with Crippen LogP contribution in [0, 0.1) is 5.92 Å². The predicted molar refractivity (Wildman–Crippen MR) is 70.1 cm³/mol. The summed E-state index contributed by atoms with van der Waals surface area (Å²) in [5.41, 5.74) is -0.521. The summed E-state index contributed by atoms with van der Waals surface area (Å²) in [6, 6.07) is 0. The molecule has 0 N–H and O–H groups in total. The van der Waals surface area contributed by atoms with E-state index in [1.165, 1.54) is 0 Å². The van der Waals surface area contributed by atoms with Crippen molar-refractivity contribution in [1.29, 1.82) is 0 Å². The van der Waals surface area contributed by atoms with Crippen molar-refractivity contribution in [3.63, 3.8) is 0 Å². The molecular formula is C14H25NO3. The number of nitrogens with zero attached hydrogens (tertiary/aromatic N) is 1.